The van der Waals surface area contributed by atoms with Gasteiger partial charge in [-0.3, -0.25) is 9.59 Å². The van der Waals surface area contributed by atoms with E-state index in [0.717, 1.165) is 9.87 Å². The summed E-state index contributed by atoms with van der Waals surface area (Å²) < 4.78 is 49.6. The fourth-order valence-corrected chi connectivity index (χ4v) is 5.77. The highest BCUT2D eigenvalue weighted by Crippen LogP contribution is 2.30. The Balaban J connectivity index is 1.34. The Hall–Kier alpha value is -5.40. The Kier molecular flexibility index (Phi) is 12.3. The number of carbonyl (C=O) groups excluding carboxylic acids is 2. The molecule has 0 atom stereocenters. The number of methoxy groups -OCH3 is 3. The highest BCUT2D eigenvalue weighted by molar-refractivity contribution is 7.89. The van der Waals surface area contributed by atoms with E-state index in [4.69, 9.17) is 18.9 Å². The quantitative estimate of drug-likeness (QED) is 0.135. The van der Waals surface area contributed by atoms with Crippen molar-refractivity contribution in [2.24, 2.45) is 5.10 Å². The number of hydrazone groups is 1. The molecule has 12 nitrogen and oxygen atoms in total. The van der Waals surface area contributed by atoms with Crippen molar-refractivity contribution in [2.45, 2.75) is 11.3 Å². The van der Waals surface area contributed by atoms with Gasteiger partial charge in [0.2, 0.25) is 10.0 Å². The van der Waals surface area contributed by atoms with E-state index < -0.39 is 22.5 Å². The number of nitrogens with zero attached hydrogens (tertiary/aromatic N) is 2. The van der Waals surface area contributed by atoms with Crippen molar-refractivity contribution in [1.82, 2.24) is 9.73 Å². The molecule has 0 saturated carbocycles. The van der Waals surface area contributed by atoms with Crippen molar-refractivity contribution in [3.63, 3.8) is 0 Å². The second-order valence-electron chi connectivity index (χ2n) is 10.0. The van der Waals surface area contributed by atoms with Crippen LogP contribution in [0.4, 0.5) is 5.69 Å². The fraction of sp³-hybridized carbons (Fsp3) is 0.206. The third-order valence-corrected chi connectivity index (χ3v) is 8.67. The molecule has 0 radical (unpaired) electrons. The lowest BCUT2D eigenvalue weighted by Gasteiger charge is -2.22. The van der Waals surface area contributed by atoms with Gasteiger partial charge in [-0.2, -0.15) is 9.41 Å². The van der Waals surface area contributed by atoms with Gasteiger partial charge in [0.1, 0.15) is 11.5 Å². The fourth-order valence-electron chi connectivity index (χ4n) is 4.35. The van der Waals surface area contributed by atoms with E-state index in [1.54, 1.807) is 55.6 Å². The van der Waals surface area contributed by atoms with Gasteiger partial charge in [0.25, 0.3) is 11.8 Å². The van der Waals surface area contributed by atoms with Crippen LogP contribution in [0.3, 0.4) is 0 Å². The summed E-state index contributed by atoms with van der Waals surface area (Å²) in [4.78, 5) is 25.1. The highest BCUT2D eigenvalue weighted by atomic mass is 32.2. The number of hydrogen-bond donors (Lipinski definition) is 2. The van der Waals surface area contributed by atoms with Crippen LogP contribution < -0.4 is 29.7 Å². The normalized spacial score (nSPS) is 11.2. The summed E-state index contributed by atoms with van der Waals surface area (Å²) in [7, 11) is 0.334. The molecule has 4 aromatic rings. The number of anilines is 1. The van der Waals surface area contributed by atoms with Crippen molar-refractivity contribution in [3.05, 3.63) is 108 Å². The molecule has 0 saturated heterocycles. The van der Waals surface area contributed by atoms with Gasteiger partial charge in [0, 0.05) is 18.3 Å². The number of sulfonamides is 1. The van der Waals surface area contributed by atoms with Crippen LogP contribution in [0, 0.1) is 0 Å². The first kappa shape index (κ1) is 34.5. The first-order valence-electron chi connectivity index (χ1n) is 14.5. The molecule has 0 aliphatic rings. The third-order valence-electron chi connectivity index (χ3n) is 6.83. The monoisotopic (exact) mass is 660 g/mol. The molecule has 0 aliphatic carbocycles. The molecule has 0 aliphatic heterocycles. The van der Waals surface area contributed by atoms with Gasteiger partial charge in [0.15, 0.2) is 18.1 Å². The van der Waals surface area contributed by atoms with Gasteiger partial charge < -0.3 is 24.3 Å². The van der Waals surface area contributed by atoms with Crippen LogP contribution in [0.1, 0.15) is 11.1 Å². The lowest BCUT2D eigenvalue weighted by atomic mass is 10.1. The van der Waals surface area contributed by atoms with Crippen LogP contribution >= 0.6 is 0 Å². The molecule has 246 valence electrons. The molecule has 0 bridgehead atoms. The minimum atomic E-state index is -4.10. The predicted octanol–water partition coefficient (Wildman–Crippen LogP) is 4.11. The number of amides is 2. The second kappa shape index (κ2) is 16.8. The van der Waals surface area contributed by atoms with Crippen molar-refractivity contribution in [1.29, 1.82) is 0 Å². The Bertz CT molecular complexity index is 1760. The summed E-state index contributed by atoms with van der Waals surface area (Å²) in [5.74, 6) is 0.825. The van der Waals surface area contributed by atoms with Gasteiger partial charge in [-0.05, 0) is 78.2 Å². The molecule has 47 heavy (non-hydrogen) atoms. The molecule has 0 fully saturated rings. The van der Waals surface area contributed by atoms with Crippen molar-refractivity contribution >= 4 is 33.7 Å². The Morgan fingerprint density at radius 3 is 2.13 bits per heavy atom. The van der Waals surface area contributed by atoms with Crippen molar-refractivity contribution in [2.75, 3.05) is 46.3 Å². The topological polar surface area (TPSA) is 145 Å². The Labute approximate surface area is 274 Å². The van der Waals surface area contributed by atoms with E-state index in [2.05, 4.69) is 15.8 Å². The maximum absolute atomic E-state index is 13.7. The largest absolute Gasteiger partial charge is 0.497 e. The third kappa shape index (κ3) is 10.0. The van der Waals surface area contributed by atoms with Gasteiger partial charge in [-0.15, -0.1) is 0 Å². The van der Waals surface area contributed by atoms with E-state index in [1.165, 1.54) is 38.6 Å². The maximum atomic E-state index is 13.7. The lowest BCUT2D eigenvalue weighted by molar-refractivity contribution is -0.121. The highest BCUT2D eigenvalue weighted by Gasteiger charge is 2.27. The summed E-state index contributed by atoms with van der Waals surface area (Å²) in [6.45, 7) is -0.605. The van der Waals surface area contributed by atoms with Crippen LogP contribution in [0.25, 0.3) is 0 Å². The van der Waals surface area contributed by atoms with E-state index in [-0.39, 0.29) is 29.7 Å². The number of benzene rings is 4. The van der Waals surface area contributed by atoms with Crippen molar-refractivity contribution < 1.29 is 37.0 Å². The number of nitrogens with one attached hydrogen (secondary N) is 2. The average Bonchev–Trinajstić information content (AvgIpc) is 3.10. The maximum Gasteiger partial charge on any atom is 0.262 e. The molecular weight excluding hydrogens is 624 g/mol. The zero-order chi connectivity index (χ0) is 33.6. The molecule has 4 aromatic carbocycles. The smallest absolute Gasteiger partial charge is 0.262 e. The number of carbonyl (C=O) groups is 2. The van der Waals surface area contributed by atoms with Crippen LogP contribution in [0.2, 0.25) is 0 Å². The summed E-state index contributed by atoms with van der Waals surface area (Å²) in [6, 6.07) is 27.3. The summed E-state index contributed by atoms with van der Waals surface area (Å²) in [6.07, 6.45) is 1.80. The lowest BCUT2D eigenvalue weighted by Crippen LogP contribution is -2.40. The predicted molar refractivity (Wildman–Crippen MR) is 178 cm³/mol. The Morgan fingerprint density at radius 1 is 0.787 bits per heavy atom. The van der Waals surface area contributed by atoms with Crippen LogP contribution in [-0.4, -0.2) is 71.8 Å². The molecule has 0 unspecified atom stereocenters. The van der Waals surface area contributed by atoms with Crippen LogP contribution in [0.15, 0.2) is 107 Å². The van der Waals surface area contributed by atoms with Crippen LogP contribution in [0.5, 0.6) is 23.0 Å². The standard InChI is InChI=1S/C34H36N4O8S/c1-43-28-15-11-27(12-16-28)36-34(40)24-46-29-13-9-26(10-14-29)22-35-37-33(39)23-38(20-19-25-7-5-4-6-8-25)47(41,42)30-17-18-31(44-2)32(21-30)45-3/h4-18,21-22H,19-20,23-24H2,1-3H3,(H,36,40)(H,37,39)/b35-22+. The molecule has 4 rings (SSSR count). The molecule has 13 heteroatoms. The van der Waals surface area contributed by atoms with Gasteiger partial charge >= 0.3 is 0 Å². The first-order valence-corrected chi connectivity index (χ1v) is 15.9. The molecule has 0 aromatic heterocycles. The molecule has 0 spiro atoms. The van der Waals surface area contributed by atoms with Gasteiger partial charge in [0.05, 0.1) is 39.0 Å². The van der Waals surface area contributed by atoms with Crippen molar-refractivity contribution in [3.8, 4) is 23.0 Å². The zero-order valence-electron chi connectivity index (χ0n) is 26.2. The zero-order valence-corrected chi connectivity index (χ0v) is 27.0. The minimum absolute atomic E-state index is 0.0416. The van der Waals surface area contributed by atoms with E-state index in [9.17, 15) is 18.0 Å². The summed E-state index contributed by atoms with van der Waals surface area (Å²) in [5, 5.41) is 6.72. The number of rotatable bonds is 16. The summed E-state index contributed by atoms with van der Waals surface area (Å²) >= 11 is 0. The van der Waals surface area contributed by atoms with Gasteiger partial charge in [-0.1, -0.05) is 30.3 Å². The molecule has 0 heterocycles. The summed E-state index contributed by atoms with van der Waals surface area (Å²) in [5.41, 5.74) is 4.57. The van der Waals surface area contributed by atoms with E-state index in [1.807, 2.05) is 30.3 Å². The van der Waals surface area contributed by atoms with E-state index >= 15 is 0 Å². The SMILES string of the molecule is COc1ccc(NC(=O)COc2ccc(/C=N/NC(=O)CN(CCc3ccccc3)S(=O)(=O)c3ccc(OC)c(OC)c3)cc2)cc1. The molecular formula is C34H36N4O8S. The number of ether oxygens (including phenoxy) is 4. The van der Waals surface area contributed by atoms with E-state index in [0.29, 0.717) is 34.9 Å². The average molecular weight is 661 g/mol. The number of hydrogen-bond acceptors (Lipinski definition) is 9. The molecule has 2 amide bonds. The van der Waals surface area contributed by atoms with Crippen LogP contribution in [-0.2, 0) is 26.0 Å². The van der Waals surface area contributed by atoms with Gasteiger partial charge in [-0.25, -0.2) is 13.8 Å². The second-order valence-corrected chi connectivity index (χ2v) is 12.0. The molecule has 2 N–H and O–H groups in total. The minimum Gasteiger partial charge on any atom is -0.497 e. The first-order chi connectivity index (χ1) is 22.7. The Morgan fingerprint density at radius 2 is 1.47 bits per heavy atom.